The molecule has 11 heteroatoms. The van der Waals surface area contributed by atoms with Crippen molar-refractivity contribution in [3.63, 3.8) is 0 Å². The number of hydrazone groups is 1. The van der Waals surface area contributed by atoms with Gasteiger partial charge in [-0.25, -0.2) is 5.01 Å². The number of nitro groups is 2. The summed E-state index contributed by atoms with van der Waals surface area (Å²) >= 11 is 0. The van der Waals surface area contributed by atoms with Gasteiger partial charge in [-0.05, 0) is 30.7 Å². The van der Waals surface area contributed by atoms with Crippen LogP contribution in [0.25, 0.3) is 0 Å². The maximum atomic E-state index is 11.6. The zero-order chi connectivity index (χ0) is 21.1. The Morgan fingerprint density at radius 3 is 2.59 bits per heavy atom. The SMILES string of the molecule is CCCC1=NN(c2ccc([N+](=O)[O-])cc2[N+](=O)[O-])C(c2ccc(O)c(OC)c2)O1. The topological polar surface area (TPSA) is 141 Å². The first-order valence-electron chi connectivity index (χ1n) is 8.68. The number of hydrogen-bond donors (Lipinski definition) is 1. The van der Waals surface area contributed by atoms with E-state index in [0.29, 0.717) is 17.9 Å². The Labute approximate surface area is 165 Å². The lowest BCUT2D eigenvalue weighted by Gasteiger charge is -2.22. The molecule has 29 heavy (non-hydrogen) atoms. The van der Waals surface area contributed by atoms with E-state index in [9.17, 15) is 25.3 Å². The molecule has 0 saturated carbocycles. The fourth-order valence-electron chi connectivity index (χ4n) is 2.90. The molecule has 2 aromatic rings. The Morgan fingerprint density at radius 1 is 1.21 bits per heavy atom. The van der Waals surface area contributed by atoms with E-state index in [0.717, 1.165) is 12.5 Å². The van der Waals surface area contributed by atoms with Crippen LogP contribution in [0.15, 0.2) is 41.5 Å². The average molecular weight is 402 g/mol. The fraction of sp³-hybridized carbons (Fsp3) is 0.278. The van der Waals surface area contributed by atoms with Gasteiger partial charge < -0.3 is 14.6 Å². The summed E-state index contributed by atoms with van der Waals surface area (Å²) in [7, 11) is 1.40. The molecule has 1 atom stereocenters. The Bertz CT molecular complexity index is 992. The third kappa shape index (κ3) is 3.88. The molecule has 0 fully saturated rings. The van der Waals surface area contributed by atoms with Crippen LogP contribution < -0.4 is 9.75 Å². The summed E-state index contributed by atoms with van der Waals surface area (Å²) in [4.78, 5) is 21.2. The van der Waals surface area contributed by atoms with Crippen molar-refractivity contribution in [1.82, 2.24) is 0 Å². The van der Waals surface area contributed by atoms with E-state index >= 15 is 0 Å². The van der Waals surface area contributed by atoms with Crippen molar-refractivity contribution in [3.8, 4) is 11.5 Å². The van der Waals surface area contributed by atoms with Crippen molar-refractivity contribution in [1.29, 1.82) is 0 Å². The predicted molar refractivity (Wildman–Crippen MR) is 103 cm³/mol. The molecule has 0 amide bonds. The number of nitro benzene ring substituents is 2. The number of phenols is 1. The zero-order valence-electron chi connectivity index (χ0n) is 15.6. The normalized spacial score (nSPS) is 15.6. The minimum atomic E-state index is -0.869. The second-order valence-electron chi connectivity index (χ2n) is 6.18. The first-order valence-corrected chi connectivity index (χ1v) is 8.68. The summed E-state index contributed by atoms with van der Waals surface area (Å²) in [6.07, 6.45) is 0.370. The van der Waals surface area contributed by atoms with Gasteiger partial charge in [-0.15, -0.1) is 5.10 Å². The van der Waals surface area contributed by atoms with Crippen molar-refractivity contribution in [2.24, 2.45) is 5.10 Å². The number of ether oxygens (including phenoxy) is 2. The molecule has 1 aliphatic heterocycles. The van der Waals surface area contributed by atoms with E-state index in [1.54, 1.807) is 6.07 Å². The van der Waals surface area contributed by atoms with Gasteiger partial charge in [-0.3, -0.25) is 20.2 Å². The second kappa shape index (κ2) is 8.00. The van der Waals surface area contributed by atoms with Crippen LogP contribution in [-0.4, -0.2) is 28.0 Å². The third-order valence-electron chi connectivity index (χ3n) is 4.26. The van der Waals surface area contributed by atoms with E-state index in [1.807, 2.05) is 6.92 Å². The number of anilines is 1. The van der Waals surface area contributed by atoms with Crippen molar-refractivity contribution in [3.05, 3.63) is 62.2 Å². The molecule has 3 rings (SSSR count). The summed E-state index contributed by atoms with van der Waals surface area (Å²) in [6, 6.07) is 7.85. The highest BCUT2D eigenvalue weighted by Crippen LogP contribution is 2.41. The van der Waals surface area contributed by atoms with Gasteiger partial charge in [-0.2, -0.15) is 0 Å². The molecular formula is C18H18N4O7. The van der Waals surface area contributed by atoms with Crippen molar-refractivity contribution in [2.75, 3.05) is 12.1 Å². The van der Waals surface area contributed by atoms with E-state index in [4.69, 9.17) is 9.47 Å². The molecule has 0 aromatic heterocycles. The van der Waals surface area contributed by atoms with Gasteiger partial charge in [0.05, 0.1) is 23.0 Å². The zero-order valence-corrected chi connectivity index (χ0v) is 15.6. The van der Waals surface area contributed by atoms with Crippen LogP contribution in [0.3, 0.4) is 0 Å². The van der Waals surface area contributed by atoms with Gasteiger partial charge in [0.2, 0.25) is 12.1 Å². The van der Waals surface area contributed by atoms with Gasteiger partial charge in [-0.1, -0.05) is 6.92 Å². The molecule has 1 N–H and O–H groups in total. The van der Waals surface area contributed by atoms with E-state index in [-0.39, 0.29) is 17.2 Å². The van der Waals surface area contributed by atoms with Crippen molar-refractivity contribution >= 4 is 23.0 Å². The largest absolute Gasteiger partial charge is 0.504 e. The summed E-state index contributed by atoms with van der Waals surface area (Å²) in [5.41, 5.74) is -0.299. The molecule has 0 radical (unpaired) electrons. The summed E-state index contributed by atoms with van der Waals surface area (Å²) in [6.45, 7) is 1.93. The number of aromatic hydroxyl groups is 1. The molecule has 1 aliphatic rings. The maximum absolute atomic E-state index is 11.6. The molecule has 11 nitrogen and oxygen atoms in total. The Hall–Kier alpha value is -3.89. The Balaban J connectivity index is 2.11. The number of benzene rings is 2. The van der Waals surface area contributed by atoms with Crippen LogP contribution in [0.5, 0.6) is 11.5 Å². The second-order valence-corrected chi connectivity index (χ2v) is 6.18. The molecule has 1 unspecified atom stereocenters. The lowest BCUT2D eigenvalue weighted by atomic mass is 10.1. The van der Waals surface area contributed by atoms with Gasteiger partial charge in [0.1, 0.15) is 5.69 Å². The third-order valence-corrected chi connectivity index (χ3v) is 4.26. The highest BCUT2D eigenvalue weighted by Gasteiger charge is 2.35. The van der Waals surface area contributed by atoms with Gasteiger partial charge >= 0.3 is 5.69 Å². The quantitative estimate of drug-likeness (QED) is 0.543. The monoisotopic (exact) mass is 402 g/mol. The van der Waals surface area contributed by atoms with Crippen LogP contribution >= 0.6 is 0 Å². The summed E-state index contributed by atoms with van der Waals surface area (Å²) < 4.78 is 11.0. The molecular weight excluding hydrogens is 384 g/mol. The molecule has 0 aliphatic carbocycles. The molecule has 2 aromatic carbocycles. The number of hydrogen-bond acceptors (Lipinski definition) is 9. The Kier molecular flexibility index (Phi) is 5.48. The molecule has 1 heterocycles. The van der Waals surface area contributed by atoms with Crippen LogP contribution in [0.4, 0.5) is 17.1 Å². The van der Waals surface area contributed by atoms with Crippen LogP contribution in [0.2, 0.25) is 0 Å². The van der Waals surface area contributed by atoms with Crippen LogP contribution in [0, 0.1) is 20.2 Å². The highest BCUT2D eigenvalue weighted by molar-refractivity contribution is 5.81. The van der Waals surface area contributed by atoms with Crippen molar-refractivity contribution < 1.29 is 24.4 Å². The lowest BCUT2D eigenvalue weighted by Crippen LogP contribution is -2.21. The number of methoxy groups -OCH3 is 1. The highest BCUT2D eigenvalue weighted by atomic mass is 16.6. The number of nitrogens with zero attached hydrogens (tertiary/aromatic N) is 4. The number of rotatable bonds is 7. The molecule has 0 saturated heterocycles. The molecule has 0 spiro atoms. The molecule has 0 bridgehead atoms. The fourth-order valence-corrected chi connectivity index (χ4v) is 2.90. The minimum Gasteiger partial charge on any atom is -0.504 e. The number of non-ortho nitro benzene ring substituents is 1. The van der Waals surface area contributed by atoms with Crippen LogP contribution in [0.1, 0.15) is 31.6 Å². The summed E-state index contributed by atoms with van der Waals surface area (Å²) in [5.74, 6) is 0.502. The molecule has 152 valence electrons. The number of phenolic OH excluding ortho intramolecular Hbond substituents is 1. The van der Waals surface area contributed by atoms with Crippen molar-refractivity contribution in [2.45, 2.75) is 26.0 Å². The van der Waals surface area contributed by atoms with Gasteiger partial charge in [0.25, 0.3) is 5.69 Å². The maximum Gasteiger partial charge on any atom is 0.301 e. The van der Waals surface area contributed by atoms with Crippen LogP contribution in [-0.2, 0) is 4.74 Å². The predicted octanol–water partition coefficient (Wildman–Crippen LogP) is 3.87. The van der Waals surface area contributed by atoms with Gasteiger partial charge in [0, 0.05) is 18.1 Å². The van der Waals surface area contributed by atoms with Gasteiger partial charge in [0.15, 0.2) is 11.5 Å². The lowest BCUT2D eigenvalue weighted by molar-refractivity contribution is -0.393. The standard InChI is InChI=1S/C18H18N4O7/c1-3-4-17-19-20(13-7-6-12(21(24)25)10-14(13)22(26)27)18(29-17)11-5-8-15(23)16(9-11)28-2/h5-10,18,23H,3-4H2,1-2H3. The summed E-state index contributed by atoms with van der Waals surface area (Å²) in [5, 5.41) is 38.1. The van der Waals surface area contributed by atoms with E-state index in [1.165, 1.54) is 36.4 Å². The first-order chi connectivity index (χ1) is 13.8. The Morgan fingerprint density at radius 2 is 1.97 bits per heavy atom. The smallest absolute Gasteiger partial charge is 0.301 e. The minimum absolute atomic E-state index is 0.0451. The van der Waals surface area contributed by atoms with E-state index < -0.39 is 27.4 Å². The average Bonchev–Trinajstić information content (AvgIpc) is 3.11. The first kappa shape index (κ1) is 19.9. The van der Waals surface area contributed by atoms with E-state index in [2.05, 4.69) is 5.10 Å².